The third-order valence-corrected chi connectivity index (χ3v) is 5.29. The largest absolute Gasteiger partial charge is 0.481 e. The molecule has 2 aliphatic heterocycles. The molecule has 3 rings (SSSR count). The smallest absolute Gasteiger partial charge is 0.306 e. The van der Waals surface area contributed by atoms with Crippen molar-refractivity contribution in [2.75, 3.05) is 19.7 Å². The Balaban J connectivity index is 1.80. The normalized spacial score (nSPS) is 22.1. The maximum Gasteiger partial charge on any atom is 0.306 e. The van der Waals surface area contributed by atoms with E-state index in [1.54, 1.807) is 9.80 Å². The van der Waals surface area contributed by atoms with Gasteiger partial charge >= 0.3 is 5.97 Å². The van der Waals surface area contributed by atoms with E-state index in [0.717, 1.165) is 11.1 Å². The van der Waals surface area contributed by atoms with Crippen LogP contribution < -0.4 is 0 Å². The number of morpholine rings is 1. The minimum atomic E-state index is -0.945. The lowest BCUT2D eigenvalue weighted by Crippen LogP contribution is -2.57. The van der Waals surface area contributed by atoms with Crippen LogP contribution >= 0.6 is 0 Å². The third kappa shape index (κ3) is 4.70. The Hall–Kier alpha value is -2.41. The van der Waals surface area contributed by atoms with Crippen molar-refractivity contribution < 1.29 is 24.2 Å². The van der Waals surface area contributed by atoms with E-state index in [1.807, 2.05) is 38.1 Å². The zero-order valence-electron chi connectivity index (χ0n) is 16.5. The van der Waals surface area contributed by atoms with Gasteiger partial charge in [-0.3, -0.25) is 14.4 Å². The van der Waals surface area contributed by atoms with E-state index < -0.39 is 18.1 Å². The minimum Gasteiger partial charge on any atom is -0.481 e. The summed E-state index contributed by atoms with van der Waals surface area (Å²) in [6, 6.07) is 7.36. The predicted octanol–water partition coefficient (Wildman–Crippen LogP) is 1.69. The van der Waals surface area contributed by atoms with Crippen molar-refractivity contribution in [2.45, 2.75) is 51.8 Å². The molecule has 7 nitrogen and oxygen atoms in total. The van der Waals surface area contributed by atoms with Crippen molar-refractivity contribution >= 4 is 17.8 Å². The molecule has 7 heteroatoms. The second-order valence-corrected chi connectivity index (χ2v) is 7.98. The van der Waals surface area contributed by atoms with Crippen LogP contribution in [0.15, 0.2) is 24.3 Å². The van der Waals surface area contributed by atoms with Crippen LogP contribution in [0.25, 0.3) is 0 Å². The molecule has 1 aromatic carbocycles. The van der Waals surface area contributed by atoms with Gasteiger partial charge < -0.3 is 19.6 Å². The fraction of sp³-hybridized carbons (Fsp3) is 0.571. The van der Waals surface area contributed by atoms with Crippen molar-refractivity contribution in [3.8, 4) is 0 Å². The van der Waals surface area contributed by atoms with E-state index in [1.165, 1.54) is 0 Å². The molecule has 2 atom stereocenters. The van der Waals surface area contributed by atoms with Gasteiger partial charge in [0.25, 0.3) is 0 Å². The molecule has 28 heavy (non-hydrogen) atoms. The van der Waals surface area contributed by atoms with E-state index in [9.17, 15) is 14.4 Å². The van der Waals surface area contributed by atoms with Gasteiger partial charge in [0.1, 0.15) is 6.04 Å². The lowest BCUT2D eigenvalue weighted by molar-refractivity contribution is -0.154. The highest BCUT2D eigenvalue weighted by Crippen LogP contribution is 2.26. The Morgan fingerprint density at radius 3 is 2.61 bits per heavy atom. The van der Waals surface area contributed by atoms with Gasteiger partial charge in [-0.2, -0.15) is 0 Å². The zero-order chi connectivity index (χ0) is 20.3. The van der Waals surface area contributed by atoms with Gasteiger partial charge in [0.15, 0.2) is 0 Å². The van der Waals surface area contributed by atoms with Crippen LogP contribution in [0.2, 0.25) is 0 Å². The molecule has 1 N–H and O–H groups in total. The summed E-state index contributed by atoms with van der Waals surface area (Å²) in [6.45, 7) is 5.39. The standard InChI is InChI=1S/C21H28N2O5/c1-14(2)9-19(24)23-12-16-6-4-3-5-15(16)10-18(23)21(27)22-7-8-28-17(13-22)11-20(25)26/h3-6,14,17-18H,7-13H2,1-2H3,(H,25,26). The highest BCUT2D eigenvalue weighted by atomic mass is 16.5. The van der Waals surface area contributed by atoms with Gasteiger partial charge in [-0.15, -0.1) is 0 Å². The minimum absolute atomic E-state index is 0.0156. The van der Waals surface area contributed by atoms with Gasteiger partial charge in [-0.25, -0.2) is 0 Å². The number of ether oxygens (including phenoxy) is 1. The van der Waals surface area contributed by atoms with E-state index in [0.29, 0.717) is 32.5 Å². The second kappa shape index (κ2) is 8.73. The molecular weight excluding hydrogens is 360 g/mol. The number of benzene rings is 1. The van der Waals surface area contributed by atoms with Gasteiger partial charge in [0.2, 0.25) is 11.8 Å². The highest BCUT2D eigenvalue weighted by molar-refractivity contribution is 5.88. The number of carboxylic acid groups (broad SMARTS) is 1. The van der Waals surface area contributed by atoms with E-state index in [-0.39, 0.29) is 30.7 Å². The molecule has 0 aliphatic carbocycles. The Bertz CT molecular complexity index is 748. The first-order valence-corrected chi connectivity index (χ1v) is 9.83. The average molecular weight is 388 g/mol. The van der Waals surface area contributed by atoms with Crippen molar-refractivity contribution in [3.63, 3.8) is 0 Å². The summed E-state index contributed by atoms with van der Waals surface area (Å²) >= 11 is 0. The number of carbonyl (C=O) groups excluding carboxylic acids is 2. The van der Waals surface area contributed by atoms with Crippen LogP contribution in [0, 0.1) is 5.92 Å². The molecule has 2 amide bonds. The third-order valence-electron chi connectivity index (χ3n) is 5.29. The number of hydrogen-bond donors (Lipinski definition) is 1. The number of carbonyl (C=O) groups is 3. The molecule has 0 bridgehead atoms. The fourth-order valence-electron chi connectivity index (χ4n) is 3.92. The number of carboxylic acids is 1. The molecule has 0 saturated carbocycles. The van der Waals surface area contributed by atoms with Gasteiger partial charge in [0.05, 0.1) is 19.1 Å². The molecule has 1 fully saturated rings. The molecule has 1 saturated heterocycles. The molecule has 1 aromatic rings. The molecule has 2 heterocycles. The summed E-state index contributed by atoms with van der Waals surface area (Å²) in [5.74, 6) is -0.869. The molecule has 152 valence electrons. The summed E-state index contributed by atoms with van der Waals surface area (Å²) in [5, 5.41) is 9.01. The van der Waals surface area contributed by atoms with Crippen molar-refractivity contribution in [2.24, 2.45) is 5.92 Å². The first kappa shape index (κ1) is 20.3. The van der Waals surface area contributed by atoms with E-state index >= 15 is 0 Å². The molecule has 0 aromatic heterocycles. The number of aliphatic carboxylic acids is 1. The topological polar surface area (TPSA) is 87.2 Å². The first-order chi connectivity index (χ1) is 13.3. The Morgan fingerprint density at radius 1 is 1.21 bits per heavy atom. The number of amides is 2. The lowest BCUT2D eigenvalue weighted by Gasteiger charge is -2.41. The highest BCUT2D eigenvalue weighted by Gasteiger charge is 2.38. The van der Waals surface area contributed by atoms with Gasteiger partial charge in [-0.05, 0) is 17.0 Å². The number of hydrogen-bond acceptors (Lipinski definition) is 4. The summed E-state index contributed by atoms with van der Waals surface area (Å²) in [7, 11) is 0. The van der Waals surface area contributed by atoms with E-state index in [2.05, 4.69) is 0 Å². The van der Waals surface area contributed by atoms with Crippen molar-refractivity contribution in [1.29, 1.82) is 0 Å². The Morgan fingerprint density at radius 2 is 1.93 bits per heavy atom. The molecule has 0 radical (unpaired) electrons. The second-order valence-electron chi connectivity index (χ2n) is 7.98. The monoisotopic (exact) mass is 388 g/mol. The molecule has 2 unspecified atom stereocenters. The van der Waals surface area contributed by atoms with Crippen LogP contribution in [0.1, 0.15) is 37.8 Å². The Kier molecular flexibility index (Phi) is 6.34. The summed E-state index contributed by atoms with van der Waals surface area (Å²) in [6.07, 6.45) is 0.245. The predicted molar refractivity (Wildman–Crippen MR) is 103 cm³/mol. The SMILES string of the molecule is CC(C)CC(=O)N1Cc2ccccc2CC1C(=O)N1CCOC(CC(=O)O)C1. The summed E-state index contributed by atoms with van der Waals surface area (Å²) < 4.78 is 5.48. The van der Waals surface area contributed by atoms with Crippen LogP contribution in [-0.2, 0) is 32.1 Å². The lowest BCUT2D eigenvalue weighted by atomic mass is 9.92. The quantitative estimate of drug-likeness (QED) is 0.829. The first-order valence-electron chi connectivity index (χ1n) is 9.83. The van der Waals surface area contributed by atoms with Crippen LogP contribution in [0.3, 0.4) is 0 Å². The Labute approximate surface area is 165 Å². The van der Waals surface area contributed by atoms with Gasteiger partial charge in [-0.1, -0.05) is 38.1 Å². The molecule has 0 spiro atoms. The number of rotatable bonds is 5. The maximum absolute atomic E-state index is 13.3. The van der Waals surface area contributed by atoms with Crippen molar-refractivity contribution in [3.05, 3.63) is 35.4 Å². The summed E-state index contributed by atoms with van der Waals surface area (Å²) in [4.78, 5) is 40.6. The fourth-order valence-corrected chi connectivity index (χ4v) is 3.92. The van der Waals surface area contributed by atoms with Gasteiger partial charge in [0, 0.05) is 32.5 Å². The van der Waals surface area contributed by atoms with Crippen LogP contribution in [0.5, 0.6) is 0 Å². The average Bonchev–Trinajstić information content (AvgIpc) is 2.65. The molecule has 2 aliphatic rings. The molecular formula is C21H28N2O5. The van der Waals surface area contributed by atoms with E-state index in [4.69, 9.17) is 9.84 Å². The number of fused-ring (bicyclic) bond motifs is 1. The van der Waals surface area contributed by atoms with Crippen LogP contribution in [0.4, 0.5) is 0 Å². The maximum atomic E-state index is 13.3. The van der Waals surface area contributed by atoms with Crippen LogP contribution in [-0.4, -0.2) is 64.5 Å². The summed E-state index contributed by atoms with van der Waals surface area (Å²) in [5.41, 5.74) is 2.17. The number of nitrogens with zero attached hydrogens (tertiary/aromatic N) is 2. The zero-order valence-corrected chi connectivity index (χ0v) is 16.5. The van der Waals surface area contributed by atoms with Crippen molar-refractivity contribution in [1.82, 2.24) is 9.80 Å².